The molecule has 1 aliphatic heterocycles. The number of anilines is 5. The van der Waals surface area contributed by atoms with E-state index in [9.17, 15) is 9.18 Å². The molecule has 10 heteroatoms. The molecule has 2 aromatic heterocycles. The van der Waals surface area contributed by atoms with E-state index in [-0.39, 0.29) is 23.1 Å². The third kappa shape index (κ3) is 4.72. The molecular weight excluding hydrogens is 507 g/mol. The van der Waals surface area contributed by atoms with Gasteiger partial charge in [-0.05, 0) is 73.9 Å². The van der Waals surface area contributed by atoms with Gasteiger partial charge in [0.1, 0.15) is 16.9 Å². The van der Waals surface area contributed by atoms with Gasteiger partial charge >= 0.3 is 0 Å². The third-order valence-electron chi connectivity index (χ3n) is 6.78. The number of carbonyl (C=O) groups excluding carboxylic acids is 1. The summed E-state index contributed by atoms with van der Waals surface area (Å²) < 4.78 is 20.4. The molecule has 8 nitrogen and oxygen atoms in total. The Kier molecular flexibility index (Phi) is 6.07. The predicted molar refractivity (Wildman–Crippen MR) is 144 cm³/mol. The smallest absolute Gasteiger partial charge is 0.244 e. The lowest BCUT2D eigenvalue weighted by Crippen LogP contribution is -2.36. The Morgan fingerprint density at radius 2 is 1.76 bits per heavy atom. The van der Waals surface area contributed by atoms with Gasteiger partial charge in [0, 0.05) is 41.4 Å². The molecule has 1 saturated carbocycles. The molecular formula is C28H24ClFN6O2. The van der Waals surface area contributed by atoms with Crippen LogP contribution in [0.4, 0.5) is 33.2 Å². The molecule has 6 rings (SSSR count). The van der Waals surface area contributed by atoms with E-state index in [1.165, 1.54) is 0 Å². The number of pyridine rings is 1. The summed E-state index contributed by atoms with van der Waals surface area (Å²) in [6, 6.07) is 16.5. The quantitative estimate of drug-likeness (QED) is 0.271. The van der Waals surface area contributed by atoms with E-state index in [1.54, 1.807) is 48.5 Å². The first kappa shape index (κ1) is 24.1. The van der Waals surface area contributed by atoms with Crippen molar-refractivity contribution in [2.75, 3.05) is 22.1 Å². The van der Waals surface area contributed by atoms with Crippen LogP contribution in [0.25, 0.3) is 0 Å². The minimum Gasteiger partial charge on any atom is -0.457 e. The fourth-order valence-electron chi connectivity index (χ4n) is 4.67. The van der Waals surface area contributed by atoms with Crippen molar-refractivity contribution in [3.63, 3.8) is 0 Å². The topological polar surface area (TPSA) is 92.3 Å². The summed E-state index contributed by atoms with van der Waals surface area (Å²) in [5, 5.41) is 5.49. The fraction of sp³-hybridized carbons (Fsp3) is 0.214. The number of hydrogen-bond acceptors (Lipinski definition) is 7. The molecule has 1 aliphatic carbocycles. The molecule has 1 unspecified atom stereocenters. The molecule has 38 heavy (non-hydrogen) atoms. The lowest BCUT2D eigenvalue weighted by atomic mass is 9.98. The maximum Gasteiger partial charge on any atom is 0.244 e. The highest BCUT2D eigenvalue weighted by molar-refractivity contribution is 6.32. The molecule has 0 saturated heterocycles. The Labute approximate surface area is 223 Å². The van der Waals surface area contributed by atoms with Gasteiger partial charge in [0.15, 0.2) is 11.6 Å². The van der Waals surface area contributed by atoms with E-state index >= 15 is 0 Å². The van der Waals surface area contributed by atoms with Crippen molar-refractivity contribution in [3.8, 4) is 11.5 Å². The van der Waals surface area contributed by atoms with Gasteiger partial charge in [-0.3, -0.25) is 9.78 Å². The highest BCUT2D eigenvalue weighted by Gasteiger charge is 2.53. The molecule has 4 aromatic rings. The Balaban J connectivity index is 1.19. The third-order valence-corrected chi connectivity index (χ3v) is 6.97. The van der Waals surface area contributed by atoms with Gasteiger partial charge in [-0.15, -0.1) is 11.6 Å². The number of nitrogens with zero attached hydrogens (tertiary/aromatic N) is 4. The average molecular weight is 531 g/mol. The Bertz CT molecular complexity index is 1500. The second-order valence-electron chi connectivity index (χ2n) is 9.50. The van der Waals surface area contributed by atoms with Crippen LogP contribution >= 0.6 is 11.6 Å². The molecule has 0 bridgehead atoms. The van der Waals surface area contributed by atoms with Gasteiger partial charge in [-0.25, -0.2) is 9.37 Å². The molecule has 192 valence electrons. The molecule has 1 fully saturated rings. The van der Waals surface area contributed by atoms with Crippen molar-refractivity contribution in [2.45, 2.75) is 30.6 Å². The number of fused-ring (bicyclic) bond motifs is 2. The van der Waals surface area contributed by atoms with Crippen LogP contribution in [0.2, 0.25) is 0 Å². The zero-order chi connectivity index (χ0) is 26.3. The van der Waals surface area contributed by atoms with Crippen LogP contribution in [0.15, 0.2) is 73.2 Å². The first-order valence-corrected chi connectivity index (χ1v) is 12.7. The van der Waals surface area contributed by atoms with Crippen molar-refractivity contribution in [1.82, 2.24) is 15.0 Å². The maximum atomic E-state index is 14.7. The minimum atomic E-state index is -0.627. The lowest BCUT2D eigenvalue weighted by molar-refractivity contribution is -0.118. The van der Waals surface area contributed by atoms with E-state index in [0.29, 0.717) is 29.4 Å². The normalized spacial score (nSPS) is 15.6. The Morgan fingerprint density at radius 1 is 1.05 bits per heavy atom. The number of carbonyl (C=O) groups is 1. The van der Waals surface area contributed by atoms with Gasteiger partial charge in [-0.2, -0.15) is 4.98 Å². The second kappa shape index (κ2) is 9.57. The lowest BCUT2D eigenvalue weighted by Gasteiger charge is -2.20. The predicted octanol–water partition coefficient (Wildman–Crippen LogP) is 6.30. The van der Waals surface area contributed by atoms with Gasteiger partial charge in [-0.1, -0.05) is 6.07 Å². The summed E-state index contributed by atoms with van der Waals surface area (Å²) in [5.41, 5.74) is 3.29. The van der Waals surface area contributed by atoms with Crippen LogP contribution in [0.1, 0.15) is 25.3 Å². The van der Waals surface area contributed by atoms with Crippen LogP contribution in [-0.2, 0) is 10.2 Å². The van der Waals surface area contributed by atoms with Crippen molar-refractivity contribution in [3.05, 3.63) is 84.6 Å². The number of hydrogen-bond donors (Lipinski definition) is 2. The maximum absolute atomic E-state index is 14.7. The SMILES string of the molecule is CC(Cl)C(=O)N1CC2(CC2)c2ccc(Nc3nc(Nc4ccc(Oc5ccncc5)cc4)ncc3F)cc21. The molecule has 3 heterocycles. The zero-order valence-corrected chi connectivity index (χ0v) is 21.2. The first-order valence-electron chi connectivity index (χ1n) is 12.2. The summed E-state index contributed by atoms with van der Waals surface area (Å²) in [6.07, 6.45) is 6.51. The molecule has 1 atom stereocenters. The first-order chi connectivity index (χ1) is 18.4. The number of aromatic nitrogens is 3. The highest BCUT2D eigenvalue weighted by atomic mass is 35.5. The standard InChI is InChI=1S/C28H24ClFN6O2/c1-17(29)26(37)36-16-28(10-11-28)22-7-4-19(14-24(22)36)33-25-23(30)15-32-27(35-25)34-18-2-5-20(6-3-18)38-21-8-12-31-13-9-21/h2-9,12-15,17H,10-11,16H2,1H3,(H2,32,33,34,35). The minimum absolute atomic E-state index is 0.0165. The average Bonchev–Trinajstić information content (AvgIpc) is 3.63. The molecule has 2 N–H and O–H groups in total. The molecule has 2 aliphatic rings. The number of rotatable bonds is 7. The van der Waals surface area contributed by atoms with E-state index in [4.69, 9.17) is 16.3 Å². The molecule has 1 amide bonds. The van der Waals surface area contributed by atoms with Crippen LogP contribution in [-0.4, -0.2) is 32.8 Å². The van der Waals surface area contributed by atoms with Crippen LogP contribution in [0.3, 0.4) is 0 Å². The monoisotopic (exact) mass is 530 g/mol. The number of halogens is 2. The Hall–Kier alpha value is -4.24. The van der Waals surface area contributed by atoms with E-state index in [0.717, 1.165) is 30.3 Å². The summed E-state index contributed by atoms with van der Waals surface area (Å²) in [4.78, 5) is 26.9. The van der Waals surface area contributed by atoms with Crippen molar-refractivity contribution in [1.29, 1.82) is 0 Å². The molecule has 1 spiro atoms. The van der Waals surface area contributed by atoms with Crippen LogP contribution in [0.5, 0.6) is 11.5 Å². The van der Waals surface area contributed by atoms with E-state index in [1.807, 2.05) is 30.3 Å². The van der Waals surface area contributed by atoms with E-state index in [2.05, 4.69) is 25.6 Å². The number of ether oxygens (including phenoxy) is 1. The number of nitrogens with one attached hydrogen (secondary N) is 2. The van der Waals surface area contributed by atoms with Gasteiger partial charge < -0.3 is 20.3 Å². The Morgan fingerprint density at radius 3 is 2.47 bits per heavy atom. The summed E-state index contributed by atoms with van der Waals surface area (Å²) in [5.74, 6) is 0.848. The number of alkyl halides is 1. The number of benzene rings is 2. The number of amides is 1. The zero-order valence-electron chi connectivity index (χ0n) is 20.5. The van der Waals surface area contributed by atoms with Crippen LogP contribution < -0.4 is 20.3 Å². The van der Waals surface area contributed by atoms with Crippen LogP contribution in [0, 0.1) is 5.82 Å². The summed E-state index contributed by atoms with van der Waals surface area (Å²) in [7, 11) is 0. The second-order valence-corrected chi connectivity index (χ2v) is 10.2. The van der Waals surface area contributed by atoms with Gasteiger partial charge in [0.05, 0.1) is 6.20 Å². The van der Waals surface area contributed by atoms with Crippen molar-refractivity contribution < 1.29 is 13.9 Å². The van der Waals surface area contributed by atoms with Crippen molar-refractivity contribution in [2.24, 2.45) is 0 Å². The summed E-state index contributed by atoms with van der Waals surface area (Å²) >= 11 is 6.12. The van der Waals surface area contributed by atoms with Gasteiger partial charge in [0.25, 0.3) is 0 Å². The van der Waals surface area contributed by atoms with Crippen molar-refractivity contribution >= 4 is 46.3 Å². The molecule has 0 radical (unpaired) electrons. The largest absolute Gasteiger partial charge is 0.457 e. The molecule has 2 aromatic carbocycles. The highest BCUT2D eigenvalue weighted by Crippen LogP contribution is 2.57. The fourth-order valence-corrected chi connectivity index (χ4v) is 4.79. The van der Waals surface area contributed by atoms with E-state index < -0.39 is 11.2 Å². The van der Waals surface area contributed by atoms with Gasteiger partial charge in [0.2, 0.25) is 11.9 Å². The summed E-state index contributed by atoms with van der Waals surface area (Å²) in [6.45, 7) is 2.31.